The highest BCUT2D eigenvalue weighted by atomic mass is 32.2. The molecule has 0 aliphatic heterocycles. The average Bonchev–Trinajstić information content (AvgIpc) is 3.29. The first kappa shape index (κ1) is 21.8. The zero-order valence-electron chi connectivity index (χ0n) is 16.5. The van der Waals surface area contributed by atoms with Gasteiger partial charge in [-0.15, -0.1) is 11.3 Å². The summed E-state index contributed by atoms with van der Waals surface area (Å²) < 4.78 is 46.1. The number of hydrogen-bond acceptors (Lipinski definition) is 5. The van der Waals surface area contributed by atoms with E-state index in [9.17, 15) is 17.6 Å². The van der Waals surface area contributed by atoms with Crippen LogP contribution >= 0.6 is 11.3 Å². The molecule has 3 aromatic rings. The fourth-order valence-electron chi connectivity index (χ4n) is 2.86. The van der Waals surface area contributed by atoms with E-state index in [-0.39, 0.29) is 16.4 Å². The Bertz CT molecular complexity index is 1100. The second-order valence-corrected chi connectivity index (χ2v) is 9.52. The molecule has 0 saturated carbocycles. The quantitative estimate of drug-likeness (QED) is 0.526. The smallest absolute Gasteiger partial charge is 0.274 e. The van der Waals surface area contributed by atoms with Crippen LogP contribution in [-0.4, -0.2) is 39.9 Å². The third kappa shape index (κ3) is 4.80. The van der Waals surface area contributed by atoms with Gasteiger partial charge in [-0.1, -0.05) is 24.3 Å². The highest BCUT2D eigenvalue weighted by Crippen LogP contribution is 2.27. The summed E-state index contributed by atoms with van der Waals surface area (Å²) in [5.41, 5.74) is 1.01. The number of anilines is 1. The van der Waals surface area contributed by atoms with Crippen molar-refractivity contribution < 1.29 is 22.3 Å². The molecule has 30 heavy (non-hydrogen) atoms. The minimum atomic E-state index is -3.98. The zero-order valence-corrected chi connectivity index (χ0v) is 18.1. The van der Waals surface area contributed by atoms with Crippen molar-refractivity contribution in [3.05, 3.63) is 77.4 Å². The van der Waals surface area contributed by atoms with E-state index in [0.29, 0.717) is 5.75 Å². The maximum absolute atomic E-state index is 13.4. The lowest BCUT2D eigenvalue weighted by Gasteiger charge is -2.26. The molecule has 1 amide bonds. The number of ether oxygens (including phenoxy) is 1. The molecule has 0 spiro atoms. The number of carbonyl (C=O) groups excluding carboxylic acids is 1. The number of nitrogens with zero attached hydrogens (tertiary/aromatic N) is 2. The van der Waals surface area contributed by atoms with Gasteiger partial charge in [-0.05, 0) is 41.8 Å². The Kier molecular flexibility index (Phi) is 6.73. The van der Waals surface area contributed by atoms with E-state index < -0.39 is 28.3 Å². The lowest BCUT2D eigenvalue weighted by molar-refractivity contribution is -0.128. The molecular formula is C21H21FN2O4S2. The van der Waals surface area contributed by atoms with Crippen LogP contribution in [0.1, 0.15) is 5.56 Å². The molecule has 3 rings (SSSR count). The van der Waals surface area contributed by atoms with Crippen LogP contribution in [0.15, 0.2) is 70.3 Å². The largest absolute Gasteiger partial charge is 0.496 e. The van der Waals surface area contributed by atoms with Crippen LogP contribution in [0.4, 0.5) is 10.1 Å². The molecule has 6 nitrogen and oxygen atoms in total. The number of amides is 1. The Balaban J connectivity index is 1.87. The van der Waals surface area contributed by atoms with E-state index in [1.807, 2.05) is 18.2 Å². The molecule has 0 N–H and O–H groups in total. The van der Waals surface area contributed by atoms with Crippen LogP contribution in [0, 0.1) is 5.82 Å². The molecule has 1 aromatic heterocycles. The predicted octanol–water partition coefficient (Wildman–Crippen LogP) is 3.75. The Morgan fingerprint density at radius 1 is 1.07 bits per heavy atom. The van der Waals surface area contributed by atoms with Gasteiger partial charge < -0.3 is 9.64 Å². The number of thiophene rings is 1. The number of halogens is 1. The van der Waals surface area contributed by atoms with Crippen LogP contribution < -0.4 is 9.04 Å². The van der Waals surface area contributed by atoms with Crippen molar-refractivity contribution in [3.8, 4) is 5.75 Å². The molecule has 0 fully saturated rings. The summed E-state index contributed by atoms with van der Waals surface area (Å²) in [6.07, 6.45) is 0. The zero-order chi connectivity index (χ0) is 21.7. The van der Waals surface area contributed by atoms with Crippen LogP contribution in [0.3, 0.4) is 0 Å². The summed E-state index contributed by atoms with van der Waals surface area (Å²) in [5, 5.41) is 1.64. The molecule has 0 unspecified atom stereocenters. The highest BCUT2D eigenvalue weighted by molar-refractivity contribution is 7.94. The summed E-state index contributed by atoms with van der Waals surface area (Å²) in [6.45, 7) is -0.170. The number of likely N-dealkylation sites (N-methyl/N-ethyl adjacent to an activating group) is 1. The van der Waals surface area contributed by atoms with E-state index in [1.165, 1.54) is 23.1 Å². The fraction of sp³-hybridized carbons (Fsp3) is 0.190. The Hall–Kier alpha value is -2.91. The summed E-state index contributed by atoms with van der Waals surface area (Å²) in [4.78, 5) is 14.4. The fourth-order valence-corrected chi connectivity index (χ4v) is 5.38. The van der Waals surface area contributed by atoms with Gasteiger partial charge in [0.25, 0.3) is 10.0 Å². The van der Waals surface area contributed by atoms with Crippen LogP contribution in [0.25, 0.3) is 0 Å². The number of para-hydroxylation sites is 1. The van der Waals surface area contributed by atoms with Gasteiger partial charge in [-0.2, -0.15) is 0 Å². The topological polar surface area (TPSA) is 66.9 Å². The summed E-state index contributed by atoms with van der Waals surface area (Å²) in [5.74, 6) is -0.268. The van der Waals surface area contributed by atoms with E-state index in [4.69, 9.17) is 4.74 Å². The standard InChI is InChI=1S/C21H21FN2O4S2/c1-23(14-16-6-3-4-7-19(16)28-2)20(25)15-24(18-11-9-17(22)10-12-18)30(26,27)21-8-5-13-29-21/h3-13H,14-15H2,1-2H3. The van der Waals surface area contributed by atoms with Gasteiger partial charge in [0, 0.05) is 19.2 Å². The lowest BCUT2D eigenvalue weighted by Crippen LogP contribution is -2.41. The molecule has 2 aromatic carbocycles. The average molecular weight is 449 g/mol. The van der Waals surface area contributed by atoms with Crippen molar-refractivity contribution in [2.45, 2.75) is 10.8 Å². The first-order valence-electron chi connectivity index (χ1n) is 9.00. The third-order valence-corrected chi connectivity index (χ3v) is 7.61. The number of rotatable bonds is 8. The second-order valence-electron chi connectivity index (χ2n) is 6.48. The predicted molar refractivity (Wildman–Crippen MR) is 115 cm³/mol. The molecule has 9 heteroatoms. The normalized spacial score (nSPS) is 11.2. The highest BCUT2D eigenvalue weighted by Gasteiger charge is 2.29. The number of benzene rings is 2. The monoisotopic (exact) mass is 448 g/mol. The Labute approximate surface area is 179 Å². The Morgan fingerprint density at radius 2 is 1.77 bits per heavy atom. The number of sulfonamides is 1. The summed E-state index contributed by atoms with van der Waals surface area (Å²) >= 11 is 1.05. The summed E-state index contributed by atoms with van der Waals surface area (Å²) in [6, 6.07) is 15.4. The number of hydrogen-bond donors (Lipinski definition) is 0. The van der Waals surface area contributed by atoms with Gasteiger partial charge in [0.1, 0.15) is 22.3 Å². The van der Waals surface area contributed by atoms with E-state index >= 15 is 0 Å². The van der Waals surface area contributed by atoms with Crippen molar-refractivity contribution in [1.29, 1.82) is 0 Å². The number of carbonyl (C=O) groups is 1. The molecule has 0 aliphatic carbocycles. The van der Waals surface area contributed by atoms with E-state index in [0.717, 1.165) is 33.3 Å². The summed E-state index contributed by atoms with van der Waals surface area (Å²) in [7, 11) is -0.842. The maximum atomic E-state index is 13.4. The van der Waals surface area contributed by atoms with E-state index in [1.54, 1.807) is 31.7 Å². The second kappa shape index (κ2) is 9.27. The molecule has 0 atom stereocenters. The van der Waals surface area contributed by atoms with E-state index in [2.05, 4.69) is 0 Å². The van der Waals surface area contributed by atoms with Crippen molar-refractivity contribution in [1.82, 2.24) is 4.90 Å². The molecule has 0 radical (unpaired) electrons. The van der Waals surface area contributed by atoms with Crippen LogP contribution in [-0.2, 0) is 21.4 Å². The van der Waals surface area contributed by atoms with Gasteiger partial charge in [-0.25, -0.2) is 12.8 Å². The lowest BCUT2D eigenvalue weighted by atomic mass is 10.2. The maximum Gasteiger partial charge on any atom is 0.274 e. The van der Waals surface area contributed by atoms with Crippen molar-refractivity contribution in [3.63, 3.8) is 0 Å². The van der Waals surface area contributed by atoms with Gasteiger partial charge in [0.15, 0.2) is 0 Å². The van der Waals surface area contributed by atoms with Crippen molar-refractivity contribution in [2.24, 2.45) is 0 Å². The SMILES string of the molecule is COc1ccccc1CN(C)C(=O)CN(c1ccc(F)cc1)S(=O)(=O)c1cccs1. The van der Waals surface area contributed by atoms with Gasteiger partial charge in [0.05, 0.1) is 12.8 Å². The van der Waals surface area contributed by atoms with Crippen molar-refractivity contribution >= 4 is 33.0 Å². The molecule has 0 bridgehead atoms. The van der Waals surface area contributed by atoms with Crippen LogP contribution in [0.2, 0.25) is 0 Å². The molecule has 158 valence electrons. The first-order chi connectivity index (χ1) is 14.3. The van der Waals surface area contributed by atoms with Crippen molar-refractivity contribution in [2.75, 3.05) is 25.0 Å². The third-order valence-electron chi connectivity index (χ3n) is 4.46. The molecular weight excluding hydrogens is 427 g/mol. The molecule has 1 heterocycles. The number of methoxy groups -OCH3 is 1. The van der Waals surface area contributed by atoms with Crippen LogP contribution in [0.5, 0.6) is 5.75 Å². The minimum Gasteiger partial charge on any atom is -0.496 e. The molecule has 0 saturated heterocycles. The van der Waals surface area contributed by atoms with Gasteiger partial charge in [0.2, 0.25) is 5.91 Å². The molecule has 0 aliphatic rings. The first-order valence-corrected chi connectivity index (χ1v) is 11.3. The minimum absolute atomic E-state index is 0.104. The van der Waals surface area contributed by atoms with Gasteiger partial charge in [-0.3, -0.25) is 9.10 Å². The Morgan fingerprint density at radius 3 is 2.40 bits per heavy atom. The van der Waals surface area contributed by atoms with Gasteiger partial charge >= 0.3 is 0 Å².